The smallest absolute Gasteiger partial charge is 0.349 e. The highest BCUT2D eigenvalue weighted by Gasteiger charge is 2.39. The number of benzene rings is 2. The summed E-state index contributed by atoms with van der Waals surface area (Å²) >= 11 is 0. The van der Waals surface area contributed by atoms with Gasteiger partial charge in [-0.2, -0.15) is 10.5 Å². The molecule has 2 aliphatic carbocycles. The molecule has 0 radical (unpaired) electrons. The molecule has 0 saturated carbocycles. The van der Waals surface area contributed by atoms with Crippen molar-refractivity contribution >= 4 is 23.1 Å². The number of hydrogen-bond donors (Lipinski definition) is 0. The van der Waals surface area contributed by atoms with Crippen molar-refractivity contribution in [1.29, 1.82) is 10.5 Å². The Morgan fingerprint density at radius 2 is 0.955 bits per heavy atom. The molecule has 0 atom stereocenters. The van der Waals surface area contributed by atoms with E-state index in [4.69, 9.17) is 28.4 Å². The lowest BCUT2D eigenvalue weighted by Gasteiger charge is -2.19. The number of ether oxygens (including phenoxy) is 6. The van der Waals surface area contributed by atoms with Crippen molar-refractivity contribution in [1.82, 2.24) is 0 Å². The second-order valence-electron chi connectivity index (χ2n) is 11.8. The van der Waals surface area contributed by atoms with Gasteiger partial charge in [0.1, 0.15) is 36.5 Å². The number of nitrogens with zero attached hydrogens (tertiary/aromatic N) is 2. The molecule has 0 unspecified atom stereocenters. The SMILES string of the molecule is COc1cc2c(cc1OC)C(C)(C)C/C2=C(/C#N)C(=O)OCCOC(=O)/C(C#N)=C1\CC(C)(C)c2cc(OC)c(OC)cc21. The zero-order valence-electron chi connectivity index (χ0n) is 26.3. The van der Waals surface area contributed by atoms with Gasteiger partial charge in [-0.3, -0.25) is 0 Å². The van der Waals surface area contributed by atoms with Crippen LogP contribution in [0.25, 0.3) is 11.1 Å². The summed E-state index contributed by atoms with van der Waals surface area (Å²) in [6.45, 7) is 7.47. The van der Waals surface area contributed by atoms with Crippen LogP contribution in [0.1, 0.15) is 62.8 Å². The molecule has 0 fully saturated rings. The summed E-state index contributed by atoms with van der Waals surface area (Å²) in [7, 11) is 6.13. The van der Waals surface area contributed by atoms with Crippen LogP contribution in [0, 0.1) is 22.7 Å². The van der Waals surface area contributed by atoms with Crippen LogP contribution in [0.5, 0.6) is 23.0 Å². The minimum Gasteiger partial charge on any atom is -0.493 e. The van der Waals surface area contributed by atoms with Crippen LogP contribution in [0.15, 0.2) is 35.4 Å². The van der Waals surface area contributed by atoms with Gasteiger partial charge in [-0.15, -0.1) is 0 Å². The summed E-state index contributed by atoms with van der Waals surface area (Å²) in [4.78, 5) is 26.1. The van der Waals surface area contributed by atoms with Gasteiger partial charge in [0.15, 0.2) is 23.0 Å². The highest BCUT2D eigenvalue weighted by molar-refractivity contribution is 6.04. The Labute approximate surface area is 257 Å². The van der Waals surface area contributed by atoms with Gasteiger partial charge in [0.05, 0.1) is 28.4 Å². The minimum absolute atomic E-state index is 0.135. The fraction of sp³-hybridized carbons (Fsp3) is 0.412. The van der Waals surface area contributed by atoms with Crippen LogP contribution in [-0.4, -0.2) is 53.6 Å². The third-order valence-corrected chi connectivity index (χ3v) is 8.18. The van der Waals surface area contributed by atoms with Crippen molar-refractivity contribution in [3.63, 3.8) is 0 Å². The number of methoxy groups -OCH3 is 4. The number of hydrogen-bond acceptors (Lipinski definition) is 10. The van der Waals surface area contributed by atoms with Crippen LogP contribution in [-0.2, 0) is 29.9 Å². The third-order valence-electron chi connectivity index (χ3n) is 8.18. The monoisotopic (exact) mass is 600 g/mol. The van der Waals surface area contributed by atoms with Gasteiger partial charge in [0.2, 0.25) is 0 Å². The Balaban J connectivity index is 1.51. The molecular formula is C34H36N2O8. The highest BCUT2D eigenvalue weighted by atomic mass is 16.6. The van der Waals surface area contributed by atoms with E-state index in [2.05, 4.69) is 0 Å². The van der Waals surface area contributed by atoms with E-state index in [1.54, 1.807) is 26.4 Å². The molecule has 0 spiro atoms. The molecule has 0 aromatic heterocycles. The topological polar surface area (TPSA) is 137 Å². The quantitative estimate of drug-likeness (QED) is 0.159. The maximum Gasteiger partial charge on any atom is 0.349 e. The summed E-state index contributed by atoms with van der Waals surface area (Å²) in [5.74, 6) is 0.406. The van der Waals surface area contributed by atoms with Gasteiger partial charge >= 0.3 is 11.9 Å². The summed E-state index contributed by atoms with van der Waals surface area (Å²) in [6, 6.07) is 11.2. The number of nitriles is 2. The van der Waals surface area contributed by atoms with E-state index in [1.807, 2.05) is 52.0 Å². The van der Waals surface area contributed by atoms with E-state index in [0.717, 1.165) is 11.1 Å². The van der Waals surface area contributed by atoms with Gasteiger partial charge in [-0.1, -0.05) is 27.7 Å². The van der Waals surface area contributed by atoms with E-state index < -0.39 is 11.9 Å². The van der Waals surface area contributed by atoms with Crippen molar-refractivity contribution in [2.75, 3.05) is 41.7 Å². The molecule has 44 heavy (non-hydrogen) atoms. The number of fused-ring (bicyclic) bond motifs is 2. The number of carbonyl (C=O) groups excluding carboxylic acids is 2. The van der Waals surface area contributed by atoms with Gasteiger partial charge in [-0.05, 0) is 81.3 Å². The first kappa shape index (κ1) is 32.0. The Morgan fingerprint density at radius 3 is 1.25 bits per heavy atom. The fourth-order valence-corrected chi connectivity index (χ4v) is 5.97. The Hall–Kier alpha value is -4.96. The van der Waals surface area contributed by atoms with Crippen molar-refractivity contribution < 1.29 is 38.0 Å². The zero-order valence-corrected chi connectivity index (χ0v) is 26.3. The van der Waals surface area contributed by atoms with Crippen LogP contribution >= 0.6 is 0 Å². The molecular weight excluding hydrogens is 564 g/mol. The number of allylic oxidation sites excluding steroid dienone is 2. The molecule has 2 aromatic rings. The first-order valence-corrected chi connectivity index (χ1v) is 14.0. The molecule has 0 N–H and O–H groups in total. The zero-order chi connectivity index (χ0) is 32.4. The van der Waals surface area contributed by atoms with Crippen LogP contribution in [0.4, 0.5) is 0 Å². The van der Waals surface area contributed by atoms with Gasteiger partial charge in [0.25, 0.3) is 0 Å². The second-order valence-corrected chi connectivity index (χ2v) is 11.8. The maximum atomic E-state index is 13.0. The van der Waals surface area contributed by atoms with E-state index >= 15 is 0 Å². The number of esters is 2. The number of carbonyl (C=O) groups is 2. The molecule has 4 rings (SSSR count). The molecule has 0 bridgehead atoms. The first-order chi connectivity index (χ1) is 20.9. The van der Waals surface area contributed by atoms with Crippen molar-refractivity contribution in [3.8, 4) is 35.1 Å². The van der Waals surface area contributed by atoms with Crippen LogP contribution < -0.4 is 18.9 Å². The molecule has 0 saturated heterocycles. The second kappa shape index (κ2) is 12.3. The summed E-state index contributed by atoms with van der Waals surface area (Å²) < 4.78 is 32.4. The van der Waals surface area contributed by atoms with Gasteiger partial charge in [0, 0.05) is 0 Å². The lowest BCUT2D eigenvalue weighted by atomic mass is 9.86. The molecule has 2 aromatic carbocycles. The molecule has 230 valence electrons. The molecule has 0 amide bonds. The Kier molecular flexibility index (Phi) is 8.96. The van der Waals surface area contributed by atoms with Gasteiger partial charge < -0.3 is 28.4 Å². The van der Waals surface area contributed by atoms with Gasteiger partial charge in [-0.25, -0.2) is 9.59 Å². The van der Waals surface area contributed by atoms with Crippen LogP contribution in [0.2, 0.25) is 0 Å². The highest BCUT2D eigenvalue weighted by Crippen LogP contribution is 2.51. The van der Waals surface area contributed by atoms with Crippen molar-refractivity contribution in [2.45, 2.75) is 51.4 Å². The average molecular weight is 601 g/mol. The van der Waals surface area contributed by atoms with Crippen LogP contribution in [0.3, 0.4) is 0 Å². The van der Waals surface area contributed by atoms with Crippen molar-refractivity contribution in [3.05, 3.63) is 57.7 Å². The average Bonchev–Trinajstić information content (AvgIpc) is 3.41. The summed E-state index contributed by atoms with van der Waals surface area (Å²) in [6.07, 6.45) is 0.860. The normalized spacial score (nSPS) is 17.7. The standard InChI is InChI=1S/C34H36N2O8/c1-33(2)15-21(19-11-27(39-5)29(41-7)13-25(19)33)23(17-35)31(37)43-9-10-44-32(38)24(18-36)22-16-34(3,4)26-14-30(42-8)28(40-6)12-20(22)26/h11-14H,9-10,15-16H2,1-8H3/b23-21+,24-22+. The number of rotatable bonds is 9. The molecule has 0 aliphatic heterocycles. The van der Waals surface area contributed by atoms with E-state index in [9.17, 15) is 20.1 Å². The maximum absolute atomic E-state index is 13.0. The predicted molar refractivity (Wildman–Crippen MR) is 161 cm³/mol. The first-order valence-electron chi connectivity index (χ1n) is 14.0. The summed E-state index contributed by atoms with van der Waals surface area (Å²) in [5, 5.41) is 19.9. The third kappa shape index (κ3) is 5.68. The molecule has 2 aliphatic rings. The molecule has 0 heterocycles. The van der Waals surface area contributed by atoms with E-state index in [-0.39, 0.29) is 35.2 Å². The lowest BCUT2D eigenvalue weighted by molar-refractivity contribution is -0.146. The van der Waals surface area contributed by atoms with E-state index in [1.165, 1.54) is 14.2 Å². The van der Waals surface area contributed by atoms with Crippen molar-refractivity contribution in [2.24, 2.45) is 0 Å². The predicted octanol–water partition coefficient (Wildman–Crippen LogP) is 5.42. The molecule has 10 nitrogen and oxygen atoms in total. The Morgan fingerprint density at radius 1 is 0.636 bits per heavy atom. The minimum atomic E-state index is -0.830. The van der Waals surface area contributed by atoms with E-state index in [0.29, 0.717) is 58.1 Å². The lowest BCUT2D eigenvalue weighted by Crippen LogP contribution is -2.17. The largest absolute Gasteiger partial charge is 0.493 e. The molecule has 10 heteroatoms. The summed E-state index contributed by atoms with van der Waals surface area (Å²) in [5.41, 5.74) is 3.35. The fourth-order valence-electron chi connectivity index (χ4n) is 5.97. The Bertz CT molecular complexity index is 1540.